The molecule has 104 valence electrons. The number of hydrogen-bond acceptors (Lipinski definition) is 4. The number of benzene rings is 1. The van der Waals surface area contributed by atoms with Crippen molar-refractivity contribution < 1.29 is 9.53 Å². The van der Waals surface area contributed by atoms with Gasteiger partial charge in [0.1, 0.15) is 5.75 Å². The fraction of sp³-hybridized carbons (Fsp3) is 0.500. The normalized spacial score (nSPS) is 18.9. The highest BCUT2D eigenvalue weighted by Crippen LogP contribution is 2.22. The van der Waals surface area contributed by atoms with Crippen LogP contribution in [-0.2, 0) is 0 Å². The quantitative estimate of drug-likeness (QED) is 0.709. The topological polar surface area (TPSA) is 76.4 Å². The molecule has 1 aliphatic heterocycles. The Morgan fingerprint density at radius 1 is 1.58 bits per heavy atom. The summed E-state index contributed by atoms with van der Waals surface area (Å²) < 4.78 is 5.12. The number of carbonyl (C=O) groups excluding carboxylic acids is 1. The maximum absolute atomic E-state index is 12.0. The van der Waals surface area contributed by atoms with Crippen LogP contribution in [0.5, 0.6) is 5.75 Å². The van der Waals surface area contributed by atoms with Gasteiger partial charge in [0.25, 0.3) is 5.91 Å². The molecule has 1 fully saturated rings. The van der Waals surface area contributed by atoms with Crippen LogP contribution in [0.4, 0.5) is 5.69 Å². The third-order valence-corrected chi connectivity index (χ3v) is 3.45. The van der Waals surface area contributed by atoms with Crippen molar-refractivity contribution in [3.8, 4) is 5.75 Å². The van der Waals surface area contributed by atoms with Gasteiger partial charge in [0.2, 0.25) is 0 Å². The number of carbonyl (C=O) groups is 1. The van der Waals surface area contributed by atoms with Crippen molar-refractivity contribution in [1.82, 2.24) is 10.6 Å². The summed E-state index contributed by atoms with van der Waals surface area (Å²) >= 11 is 0. The van der Waals surface area contributed by atoms with Gasteiger partial charge in [-0.05, 0) is 50.0 Å². The molecule has 0 unspecified atom stereocenters. The van der Waals surface area contributed by atoms with Crippen molar-refractivity contribution in [3.05, 3.63) is 23.8 Å². The Balaban J connectivity index is 1.92. The van der Waals surface area contributed by atoms with Crippen LogP contribution in [0, 0.1) is 5.92 Å². The molecule has 5 heteroatoms. The van der Waals surface area contributed by atoms with Gasteiger partial charge in [-0.2, -0.15) is 0 Å². The van der Waals surface area contributed by atoms with Gasteiger partial charge in [0.15, 0.2) is 0 Å². The molecule has 1 amide bonds. The van der Waals surface area contributed by atoms with E-state index < -0.39 is 0 Å². The smallest absolute Gasteiger partial charge is 0.251 e. The Morgan fingerprint density at radius 3 is 3.11 bits per heavy atom. The van der Waals surface area contributed by atoms with Crippen LogP contribution >= 0.6 is 0 Å². The molecule has 1 heterocycles. The third kappa shape index (κ3) is 3.61. The first-order valence-electron chi connectivity index (χ1n) is 6.63. The van der Waals surface area contributed by atoms with E-state index in [1.807, 2.05) is 0 Å². The first-order valence-corrected chi connectivity index (χ1v) is 6.63. The summed E-state index contributed by atoms with van der Waals surface area (Å²) in [6.45, 7) is 2.77. The highest BCUT2D eigenvalue weighted by atomic mass is 16.5. The standard InChI is InChI=1S/C14H21N3O2/c1-19-13-7-11(4-5-12(13)15)14(18)17-9-10-3-2-6-16-8-10/h4-5,7,10,16H,2-3,6,8-9,15H2,1H3,(H,17,18)/t10-/m1/s1. The van der Waals surface area contributed by atoms with Crippen LogP contribution in [0.3, 0.4) is 0 Å². The van der Waals surface area contributed by atoms with E-state index in [1.54, 1.807) is 25.3 Å². The van der Waals surface area contributed by atoms with Crippen LogP contribution in [0.1, 0.15) is 23.2 Å². The number of hydrogen-bond donors (Lipinski definition) is 3. The van der Waals surface area contributed by atoms with Crippen molar-refractivity contribution in [3.63, 3.8) is 0 Å². The van der Waals surface area contributed by atoms with Gasteiger partial charge in [0.05, 0.1) is 12.8 Å². The highest BCUT2D eigenvalue weighted by molar-refractivity contribution is 5.95. The number of nitrogen functional groups attached to an aromatic ring is 1. The summed E-state index contributed by atoms with van der Waals surface area (Å²) in [6, 6.07) is 5.08. The molecule has 0 aromatic heterocycles. The molecule has 0 radical (unpaired) electrons. The molecule has 5 nitrogen and oxygen atoms in total. The molecule has 0 bridgehead atoms. The van der Waals surface area contributed by atoms with Gasteiger partial charge in [-0.25, -0.2) is 0 Å². The number of methoxy groups -OCH3 is 1. The molecule has 1 aromatic carbocycles. The van der Waals surface area contributed by atoms with E-state index in [1.165, 1.54) is 12.8 Å². The molecule has 0 spiro atoms. The number of piperidine rings is 1. The Labute approximate surface area is 113 Å². The monoisotopic (exact) mass is 263 g/mol. The molecule has 4 N–H and O–H groups in total. The van der Waals surface area contributed by atoms with Gasteiger partial charge < -0.3 is 21.1 Å². The molecule has 2 rings (SSSR count). The number of anilines is 1. The number of rotatable bonds is 4. The van der Waals surface area contributed by atoms with Crippen LogP contribution in [0.25, 0.3) is 0 Å². The van der Waals surface area contributed by atoms with E-state index >= 15 is 0 Å². The van der Waals surface area contributed by atoms with Gasteiger partial charge in [-0.15, -0.1) is 0 Å². The maximum atomic E-state index is 12.0. The largest absolute Gasteiger partial charge is 0.495 e. The summed E-state index contributed by atoms with van der Waals surface area (Å²) in [7, 11) is 1.54. The Hall–Kier alpha value is -1.75. The average Bonchev–Trinajstić information content (AvgIpc) is 2.46. The van der Waals surface area contributed by atoms with E-state index in [0.29, 0.717) is 29.5 Å². The zero-order chi connectivity index (χ0) is 13.7. The second-order valence-corrected chi connectivity index (χ2v) is 4.88. The van der Waals surface area contributed by atoms with Crippen molar-refractivity contribution in [1.29, 1.82) is 0 Å². The lowest BCUT2D eigenvalue weighted by Gasteiger charge is -2.22. The molecule has 1 atom stereocenters. The minimum Gasteiger partial charge on any atom is -0.495 e. The number of ether oxygens (including phenoxy) is 1. The maximum Gasteiger partial charge on any atom is 0.251 e. The van der Waals surface area contributed by atoms with E-state index in [9.17, 15) is 4.79 Å². The van der Waals surface area contributed by atoms with Crippen LogP contribution < -0.4 is 21.1 Å². The van der Waals surface area contributed by atoms with Crippen molar-refractivity contribution >= 4 is 11.6 Å². The molecular weight excluding hydrogens is 242 g/mol. The molecule has 0 aliphatic carbocycles. The Kier molecular flexibility index (Phi) is 4.63. The SMILES string of the molecule is COc1cc(C(=O)NC[C@@H]2CCCNC2)ccc1N. The minimum atomic E-state index is -0.0797. The highest BCUT2D eigenvalue weighted by Gasteiger charge is 2.15. The summed E-state index contributed by atoms with van der Waals surface area (Å²) in [4.78, 5) is 12.0. The number of amides is 1. The first-order chi connectivity index (χ1) is 9.20. The summed E-state index contributed by atoms with van der Waals surface area (Å²) in [5.41, 5.74) is 6.84. The predicted molar refractivity (Wildman–Crippen MR) is 75.3 cm³/mol. The van der Waals surface area contributed by atoms with Crippen molar-refractivity contribution in [2.24, 2.45) is 5.92 Å². The second-order valence-electron chi connectivity index (χ2n) is 4.88. The average molecular weight is 263 g/mol. The van der Waals surface area contributed by atoms with Gasteiger partial charge in [0, 0.05) is 12.1 Å². The van der Waals surface area contributed by atoms with Gasteiger partial charge >= 0.3 is 0 Å². The second kappa shape index (κ2) is 6.43. The Morgan fingerprint density at radius 2 is 2.42 bits per heavy atom. The van der Waals surface area contributed by atoms with Gasteiger partial charge in [-0.1, -0.05) is 0 Å². The van der Waals surface area contributed by atoms with Crippen LogP contribution in [0.15, 0.2) is 18.2 Å². The van der Waals surface area contributed by atoms with E-state index in [-0.39, 0.29) is 5.91 Å². The lowest BCUT2D eigenvalue weighted by Crippen LogP contribution is -2.38. The summed E-state index contributed by atoms with van der Waals surface area (Å²) in [6.07, 6.45) is 2.34. The fourth-order valence-corrected chi connectivity index (χ4v) is 2.29. The summed E-state index contributed by atoms with van der Waals surface area (Å²) in [5, 5.41) is 6.30. The lowest BCUT2D eigenvalue weighted by molar-refractivity contribution is 0.0944. The van der Waals surface area contributed by atoms with E-state index in [0.717, 1.165) is 13.1 Å². The van der Waals surface area contributed by atoms with Crippen molar-refractivity contribution in [2.45, 2.75) is 12.8 Å². The predicted octanol–water partition coefficient (Wildman–Crippen LogP) is 1.01. The molecule has 19 heavy (non-hydrogen) atoms. The minimum absolute atomic E-state index is 0.0797. The summed E-state index contributed by atoms with van der Waals surface area (Å²) in [5.74, 6) is 0.976. The van der Waals surface area contributed by atoms with Crippen molar-refractivity contribution in [2.75, 3.05) is 32.5 Å². The zero-order valence-corrected chi connectivity index (χ0v) is 11.2. The Bertz CT molecular complexity index is 442. The molecule has 1 saturated heterocycles. The lowest BCUT2D eigenvalue weighted by atomic mass is 9.99. The van der Waals surface area contributed by atoms with Gasteiger partial charge in [-0.3, -0.25) is 4.79 Å². The third-order valence-electron chi connectivity index (χ3n) is 3.45. The van der Waals surface area contributed by atoms with Crippen LogP contribution in [0.2, 0.25) is 0 Å². The number of nitrogens with one attached hydrogen (secondary N) is 2. The fourth-order valence-electron chi connectivity index (χ4n) is 2.29. The van der Waals surface area contributed by atoms with E-state index in [4.69, 9.17) is 10.5 Å². The molecule has 1 aromatic rings. The molecule has 0 saturated carbocycles. The zero-order valence-electron chi connectivity index (χ0n) is 11.2. The molecule has 1 aliphatic rings. The van der Waals surface area contributed by atoms with Crippen LogP contribution in [-0.4, -0.2) is 32.7 Å². The number of nitrogens with two attached hydrogens (primary N) is 1. The van der Waals surface area contributed by atoms with E-state index in [2.05, 4.69) is 10.6 Å². The first kappa shape index (κ1) is 13.7. The molecular formula is C14H21N3O2.